The standard InChI is InChI=1S/C8H11NO/c1-3-5-8(6-4-2)9-7-10/h3-7H,1H2,2H3,(H,9,10)/b6-4-,8-5+. The van der Waals surface area contributed by atoms with Gasteiger partial charge in [0.1, 0.15) is 0 Å². The highest BCUT2D eigenvalue weighted by molar-refractivity contribution is 5.52. The summed E-state index contributed by atoms with van der Waals surface area (Å²) in [6, 6.07) is 0. The van der Waals surface area contributed by atoms with Gasteiger partial charge in [0.05, 0.1) is 0 Å². The van der Waals surface area contributed by atoms with E-state index in [4.69, 9.17) is 0 Å². The third-order valence-electron chi connectivity index (χ3n) is 0.869. The van der Waals surface area contributed by atoms with Gasteiger partial charge in [-0.05, 0) is 19.1 Å². The molecular formula is C8H11NO. The number of allylic oxidation sites excluding steroid dienone is 4. The van der Waals surface area contributed by atoms with E-state index in [0.29, 0.717) is 6.41 Å². The van der Waals surface area contributed by atoms with E-state index in [0.717, 1.165) is 5.70 Å². The summed E-state index contributed by atoms with van der Waals surface area (Å²) in [5.41, 5.74) is 0.743. The molecule has 0 aromatic heterocycles. The molecule has 0 bridgehead atoms. The zero-order chi connectivity index (χ0) is 7.82. The van der Waals surface area contributed by atoms with Crippen molar-refractivity contribution in [2.24, 2.45) is 0 Å². The molecule has 0 aromatic rings. The highest BCUT2D eigenvalue weighted by atomic mass is 16.1. The molecule has 0 aliphatic rings. The van der Waals surface area contributed by atoms with E-state index in [-0.39, 0.29) is 0 Å². The van der Waals surface area contributed by atoms with Crippen molar-refractivity contribution in [3.8, 4) is 0 Å². The predicted molar refractivity (Wildman–Crippen MR) is 42.3 cm³/mol. The van der Waals surface area contributed by atoms with E-state index in [1.54, 1.807) is 18.2 Å². The maximum absolute atomic E-state index is 9.94. The van der Waals surface area contributed by atoms with Crippen LogP contribution in [0.5, 0.6) is 0 Å². The molecule has 0 aliphatic carbocycles. The van der Waals surface area contributed by atoms with Crippen molar-refractivity contribution in [3.05, 3.63) is 36.6 Å². The van der Waals surface area contributed by atoms with Crippen molar-refractivity contribution < 1.29 is 4.79 Å². The molecular weight excluding hydrogens is 126 g/mol. The lowest BCUT2D eigenvalue weighted by atomic mass is 10.3. The van der Waals surface area contributed by atoms with Gasteiger partial charge in [0.2, 0.25) is 6.41 Å². The Kier molecular flexibility index (Phi) is 5.06. The van der Waals surface area contributed by atoms with Gasteiger partial charge in [0, 0.05) is 5.70 Å². The maximum atomic E-state index is 9.94. The molecule has 0 saturated carbocycles. The number of rotatable bonds is 4. The van der Waals surface area contributed by atoms with Gasteiger partial charge in [0.15, 0.2) is 0 Å². The van der Waals surface area contributed by atoms with Crippen LogP contribution in [0.2, 0.25) is 0 Å². The first-order valence-corrected chi connectivity index (χ1v) is 3.00. The quantitative estimate of drug-likeness (QED) is 0.460. The molecule has 0 atom stereocenters. The van der Waals surface area contributed by atoms with Gasteiger partial charge in [0.25, 0.3) is 0 Å². The van der Waals surface area contributed by atoms with Crippen molar-refractivity contribution >= 4 is 6.41 Å². The van der Waals surface area contributed by atoms with Gasteiger partial charge in [-0.2, -0.15) is 0 Å². The van der Waals surface area contributed by atoms with Gasteiger partial charge in [-0.25, -0.2) is 0 Å². The summed E-state index contributed by atoms with van der Waals surface area (Å²) in [5, 5.41) is 2.51. The lowest BCUT2D eigenvalue weighted by molar-refractivity contribution is -0.108. The Morgan fingerprint density at radius 1 is 1.60 bits per heavy atom. The molecule has 0 aliphatic heterocycles. The molecule has 0 aromatic carbocycles. The Morgan fingerprint density at radius 2 is 2.30 bits per heavy atom. The largest absolute Gasteiger partial charge is 0.329 e. The average molecular weight is 137 g/mol. The topological polar surface area (TPSA) is 29.1 Å². The van der Waals surface area contributed by atoms with E-state index in [1.165, 1.54) is 0 Å². The first-order chi connectivity index (χ1) is 4.85. The lowest BCUT2D eigenvalue weighted by Crippen LogP contribution is -2.07. The summed E-state index contributed by atoms with van der Waals surface area (Å²) in [6.45, 7) is 5.38. The van der Waals surface area contributed by atoms with E-state index < -0.39 is 0 Å². The molecule has 54 valence electrons. The molecule has 1 amide bonds. The summed E-state index contributed by atoms with van der Waals surface area (Å²) < 4.78 is 0. The fraction of sp³-hybridized carbons (Fsp3) is 0.125. The fourth-order valence-corrected chi connectivity index (χ4v) is 0.526. The zero-order valence-corrected chi connectivity index (χ0v) is 6.00. The van der Waals surface area contributed by atoms with Crippen LogP contribution in [0.1, 0.15) is 6.92 Å². The van der Waals surface area contributed by atoms with E-state index >= 15 is 0 Å². The normalized spacial score (nSPS) is 11.5. The van der Waals surface area contributed by atoms with Crippen LogP contribution < -0.4 is 5.32 Å². The summed E-state index contributed by atoms with van der Waals surface area (Å²) in [5.74, 6) is 0. The zero-order valence-electron chi connectivity index (χ0n) is 6.00. The summed E-state index contributed by atoms with van der Waals surface area (Å²) >= 11 is 0. The molecule has 0 saturated heterocycles. The van der Waals surface area contributed by atoms with E-state index in [9.17, 15) is 4.79 Å². The second kappa shape index (κ2) is 5.82. The molecule has 0 fully saturated rings. The highest BCUT2D eigenvalue weighted by Crippen LogP contribution is 1.89. The van der Waals surface area contributed by atoms with Crippen molar-refractivity contribution in [1.82, 2.24) is 5.32 Å². The van der Waals surface area contributed by atoms with Crippen molar-refractivity contribution in [2.75, 3.05) is 0 Å². The monoisotopic (exact) mass is 137 g/mol. The minimum absolute atomic E-state index is 0.634. The fourth-order valence-electron chi connectivity index (χ4n) is 0.526. The van der Waals surface area contributed by atoms with Crippen LogP contribution in [-0.2, 0) is 4.79 Å². The minimum Gasteiger partial charge on any atom is -0.329 e. The minimum atomic E-state index is 0.634. The van der Waals surface area contributed by atoms with Crippen LogP contribution in [0.15, 0.2) is 36.6 Å². The van der Waals surface area contributed by atoms with Crippen LogP contribution in [0.3, 0.4) is 0 Å². The van der Waals surface area contributed by atoms with Gasteiger partial charge >= 0.3 is 0 Å². The van der Waals surface area contributed by atoms with Crippen LogP contribution in [0, 0.1) is 0 Å². The third kappa shape index (κ3) is 3.66. The molecule has 1 N–H and O–H groups in total. The number of hydrogen-bond donors (Lipinski definition) is 1. The van der Waals surface area contributed by atoms with Gasteiger partial charge in [-0.15, -0.1) is 0 Å². The predicted octanol–water partition coefficient (Wildman–Crippen LogP) is 1.38. The molecule has 10 heavy (non-hydrogen) atoms. The molecule has 2 nitrogen and oxygen atoms in total. The van der Waals surface area contributed by atoms with Crippen molar-refractivity contribution in [3.63, 3.8) is 0 Å². The average Bonchev–Trinajstić information content (AvgIpc) is 1.90. The SMILES string of the molecule is C=C/C=C(\C=C/C)NC=O. The molecule has 0 heterocycles. The van der Waals surface area contributed by atoms with Crippen LogP contribution in [0.4, 0.5) is 0 Å². The number of hydrogen-bond acceptors (Lipinski definition) is 1. The highest BCUT2D eigenvalue weighted by Gasteiger charge is 1.82. The molecule has 0 radical (unpaired) electrons. The van der Waals surface area contributed by atoms with E-state index in [2.05, 4.69) is 11.9 Å². The second-order valence-electron chi connectivity index (χ2n) is 1.62. The smallest absolute Gasteiger partial charge is 0.211 e. The van der Waals surface area contributed by atoms with Gasteiger partial charge in [-0.1, -0.05) is 18.7 Å². The molecule has 0 spiro atoms. The Morgan fingerprint density at radius 3 is 2.70 bits per heavy atom. The third-order valence-corrected chi connectivity index (χ3v) is 0.869. The Bertz CT molecular complexity index is 168. The van der Waals surface area contributed by atoms with Crippen LogP contribution >= 0.6 is 0 Å². The van der Waals surface area contributed by atoms with Crippen molar-refractivity contribution in [1.29, 1.82) is 0 Å². The molecule has 0 unspecified atom stereocenters. The second-order valence-corrected chi connectivity index (χ2v) is 1.62. The van der Waals surface area contributed by atoms with Gasteiger partial charge in [-0.3, -0.25) is 4.79 Å². The summed E-state index contributed by atoms with van der Waals surface area (Å²) in [6.07, 6.45) is 7.59. The van der Waals surface area contributed by atoms with Gasteiger partial charge < -0.3 is 5.32 Å². The first kappa shape index (κ1) is 8.69. The number of nitrogens with one attached hydrogen (secondary N) is 1. The molecule has 0 rings (SSSR count). The number of carbonyl (C=O) groups is 1. The summed E-state index contributed by atoms with van der Waals surface area (Å²) in [7, 11) is 0. The van der Waals surface area contributed by atoms with Crippen LogP contribution in [-0.4, -0.2) is 6.41 Å². The summed E-state index contributed by atoms with van der Waals surface area (Å²) in [4.78, 5) is 9.94. The Labute approximate surface area is 60.9 Å². The van der Waals surface area contributed by atoms with Crippen molar-refractivity contribution in [2.45, 2.75) is 6.92 Å². The number of carbonyl (C=O) groups excluding carboxylic acids is 1. The molecule has 2 heteroatoms. The maximum Gasteiger partial charge on any atom is 0.211 e. The van der Waals surface area contributed by atoms with E-state index in [1.807, 2.05) is 13.0 Å². The Balaban J connectivity index is 4.09. The Hall–Kier alpha value is -1.31. The van der Waals surface area contributed by atoms with Crippen LogP contribution in [0.25, 0.3) is 0 Å². The number of amides is 1. The first-order valence-electron chi connectivity index (χ1n) is 3.00. The lowest BCUT2D eigenvalue weighted by Gasteiger charge is -1.94.